The summed E-state index contributed by atoms with van der Waals surface area (Å²) >= 11 is 0. The molecule has 2 aromatic carbocycles. The molecule has 0 atom stereocenters. The number of hydrogen-bond acceptors (Lipinski definition) is 4. The lowest BCUT2D eigenvalue weighted by molar-refractivity contribution is 0.144. The summed E-state index contributed by atoms with van der Waals surface area (Å²) in [7, 11) is 1.61. The van der Waals surface area contributed by atoms with E-state index in [1.165, 1.54) is 5.56 Å². The number of fused-ring (bicyclic) bond motifs is 1. The Kier molecular flexibility index (Phi) is 5.44. The molecule has 0 saturated carbocycles. The number of hydrogen-bond donors (Lipinski definition) is 0. The summed E-state index contributed by atoms with van der Waals surface area (Å²) in [6.45, 7) is 4.54. The summed E-state index contributed by atoms with van der Waals surface area (Å²) in [5.74, 6) is 2.16. The van der Waals surface area contributed by atoms with Crippen molar-refractivity contribution >= 4 is 10.9 Å². The third kappa shape index (κ3) is 3.94. The van der Waals surface area contributed by atoms with Crippen LogP contribution in [0.15, 0.2) is 53.3 Å². The number of benzene rings is 2. The third-order valence-corrected chi connectivity index (χ3v) is 5.77. The van der Waals surface area contributed by atoms with Gasteiger partial charge in [-0.1, -0.05) is 30.3 Å². The van der Waals surface area contributed by atoms with E-state index in [2.05, 4.69) is 40.2 Å². The number of aromatic nitrogens is 2. The molecule has 28 heavy (non-hydrogen) atoms. The van der Waals surface area contributed by atoms with Crippen LogP contribution in [0.25, 0.3) is 10.9 Å². The molecule has 2 heterocycles. The molecule has 0 aliphatic carbocycles. The van der Waals surface area contributed by atoms with Crippen LogP contribution in [0.3, 0.4) is 0 Å². The SMILES string of the molecule is COc1ccc2nc(C)n(CN3CCC(Cc4ccccc4)CC3)c(=O)c2c1. The first-order valence-corrected chi connectivity index (χ1v) is 9.95. The van der Waals surface area contributed by atoms with Gasteiger partial charge in [0.25, 0.3) is 5.56 Å². The Morgan fingerprint density at radius 2 is 1.86 bits per heavy atom. The Hall–Kier alpha value is -2.66. The molecule has 0 unspecified atom stereocenters. The van der Waals surface area contributed by atoms with Crippen LogP contribution >= 0.6 is 0 Å². The van der Waals surface area contributed by atoms with Gasteiger partial charge in [0.1, 0.15) is 11.6 Å². The average molecular weight is 377 g/mol. The highest BCUT2D eigenvalue weighted by atomic mass is 16.5. The first-order chi connectivity index (χ1) is 13.6. The van der Waals surface area contributed by atoms with E-state index in [9.17, 15) is 4.79 Å². The molecule has 146 valence electrons. The van der Waals surface area contributed by atoms with Gasteiger partial charge in [0, 0.05) is 13.1 Å². The largest absolute Gasteiger partial charge is 0.497 e. The summed E-state index contributed by atoms with van der Waals surface area (Å²) < 4.78 is 7.06. The molecule has 1 aromatic heterocycles. The van der Waals surface area contributed by atoms with Crippen molar-refractivity contribution in [1.82, 2.24) is 14.5 Å². The molecular formula is C23H27N3O2. The predicted molar refractivity (Wildman–Crippen MR) is 112 cm³/mol. The van der Waals surface area contributed by atoms with Gasteiger partial charge in [-0.15, -0.1) is 0 Å². The maximum atomic E-state index is 13.0. The molecule has 1 aliphatic rings. The van der Waals surface area contributed by atoms with E-state index in [1.807, 2.05) is 19.1 Å². The molecule has 4 rings (SSSR count). The fourth-order valence-electron chi connectivity index (χ4n) is 4.08. The third-order valence-electron chi connectivity index (χ3n) is 5.77. The lowest BCUT2D eigenvalue weighted by Gasteiger charge is -2.32. The van der Waals surface area contributed by atoms with Gasteiger partial charge in [-0.25, -0.2) is 4.98 Å². The Morgan fingerprint density at radius 3 is 2.57 bits per heavy atom. The minimum Gasteiger partial charge on any atom is -0.497 e. The van der Waals surface area contributed by atoms with E-state index >= 15 is 0 Å². The Labute approximate surface area is 165 Å². The van der Waals surface area contributed by atoms with Crippen molar-refractivity contribution in [2.24, 2.45) is 5.92 Å². The minimum atomic E-state index is 0.00723. The molecule has 1 saturated heterocycles. The quantitative estimate of drug-likeness (QED) is 0.681. The van der Waals surface area contributed by atoms with Gasteiger partial charge in [-0.3, -0.25) is 14.3 Å². The fraction of sp³-hybridized carbons (Fsp3) is 0.391. The number of nitrogens with zero attached hydrogens (tertiary/aromatic N) is 3. The summed E-state index contributed by atoms with van der Waals surface area (Å²) in [5.41, 5.74) is 2.15. The van der Waals surface area contributed by atoms with Crippen LogP contribution in [0.2, 0.25) is 0 Å². The molecule has 1 aliphatic heterocycles. The van der Waals surface area contributed by atoms with Crippen LogP contribution in [0.5, 0.6) is 5.75 Å². The second-order valence-electron chi connectivity index (χ2n) is 7.67. The average Bonchev–Trinajstić information content (AvgIpc) is 2.73. The molecule has 0 amide bonds. The number of rotatable bonds is 5. The normalized spacial score (nSPS) is 15.8. The zero-order valence-corrected chi connectivity index (χ0v) is 16.6. The van der Waals surface area contributed by atoms with Crippen molar-refractivity contribution in [1.29, 1.82) is 0 Å². The highest BCUT2D eigenvalue weighted by Crippen LogP contribution is 2.22. The molecule has 5 heteroatoms. The van der Waals surface area contributed by atoms with Crippen molar-refractivity contribution in [3.05, 3.63) is 70.3 Å². The zero-order valence-electron chi connectivity index (χ0n) is 16.6. The number of piperidine rings is 1. The van der Waals surface area contributed by atoms with Gasteiger partial charge >= 0.3 is 0 Å². The number of ether oxygens (including phenoxy) is 1. The van der Waals surface area contributed by atoms with E-state index in [4.69, 9.17) is 4.74 Å². The summed E-state index contributed by atoms with van der Waals surface area (Å²) in [4.78, 5) is 20.0. The second-order valence-corrected chi connectivity index (χ2v) is 7.67. The van der Waals surface area contributed by atoms with Crippen LogP contribution in [0.4, 0.5) is 0 Å². The van der Waals surface area contributed by atoms with E-state index in [1.54, 1.807) is 17.7 Å². The second kappa shape index (κ2) is 8.15. The molecule has 1 fully saturated rings. The first kappa shape index (κ1) is 18.7. The number of likely N-dealkylation sites (tertiary alicyclic amines) is 1. The fourth-order valence-corrected chi connectivity index (χ4v) is 4.08. The van der Waals surface area contributed by atoms with E-state index in [0.29, 0.717) is 17.8 Å². The van der Waals surface area contributed by atoms with Crippen LogP contribution in [-0.2, 0) is 13.1 Å². The van der Waals surface area contributed by atoms with Crippen molar-refractivity contribution in [3.63, 3.8) is 0 Å². The summed E-state index contributed by atoms with van der Waals surface area (Å²) in [6.07, 6.45) is 3.47. The van der Waals surface area contributed by atoms with E-state index < -0.39 is 0 Å². The molecule has 0 N–H and O–H groups in total. The highest BCUT2D eigenvalue weighted by Gasteiger charge is 2.21. The molecule has 0 radical (unpaired) electrons. The van der Waals surface area contributed by atoms with Crippen molar-refractivity contribution in [2.45, 2.75) is 32.9 Å². The molecule has 3 aromatic rings. The minimum absolute atomic E-state index is 0.00723. The topological polar surface area (TPSA) is 47.4 Å². The highest BCUT2D eigenvalue weighted by molar-refractivity contribution is 5.79. The van der Waals surface area contributed by atoms with Gasteiger partial charge in [0.2, 0.25) is 0 Å². The molecule has 0 bridgehead atoms. The number of aryl methyl sites for hydroxylation is 1. The van der Waals surface area contributed by atoms with Crippen LogP contribution in [0, 0.1) is 12.8 Å². The van der Waals surface area contributed by atoms with Crippen molar-refractivity contribution < 1.29 is 4.74 Å². The van der Waals surface area contributed by atoms with Crippen molar-refractivity contribution in [2.75, 3.05) is 20.2 Å². The Balaban J connectivity index is 1.46. The van der Waals surface area contributed by atoms with Crippen LogP contribution in [0.1, 0.15) is 24.2 Å². The van der Waals surface area contributed by atoms with Crippen LogP contribution in [-0.4, -0.2) is 34.7 Å². The lowest BCUT2D eigenvalue weighted by Crippen LogP contribution is -2.39. The monoisotopic (exact) mass is 377 g/mol. The van der Waals surface area contributed by atoms with E-state index in [-0.39, 0.29) is 5.56 Å². The summed E-state index contributed by atoms with van der Waals surface area (Å²) in [6, 6.07) is 16.2. The van der Waals surface area contributed by atoms with Gasteiger partial charge < -0.3 is 4.74 Å². The summed E-state index contributed by atoms with van der Waals surface area (Å²) in [5, 5.41) is 0.615. The maximum Gasteiger partial charge on any atom is 0.262 e. The molecule has 0 spiro atoms. The van der Waals surface area contributed by atoms with Gasteiger partial charge in [-0.05, 0) is 55.9 Å². The number of methoxy groups -OCH3 is 1. The van der Waals surface area contributed by atoms with Gasteiger partial charge in [-0.2, -0.15) is 0 Å². The smallest absolute Gasteiger partial charge is 0.262 e. The van der Waals surface area contributed by atoms with Gasteiger partial charge in [0.15, 0.2) is 0 Å². The van der Waals surface area contributed by atoms with Gasteiger partial charge in [0.05, 0.1) is 24.7 Å². The van der Waals surface area contributed by atoms with Crippen molar-refractivity contribution in [3.8, 4) is 5.75 Å². The maximum absolute atomic E-state index is 13.0. The lowest BCUT2D eigenvalue weighted by atomic mass is 9.90. The van der Waals surface area contributed by atoms with Crippen LogP contribution < -0.4 is 10.3 Å². The Morgan fingerprint density at radius 1 is 1.11 bits per heavy atom. The van der Waals surface area contributed by atoms with E-state index in [0.717, 1.165) is 49.6 Å². The molecule has 5 nitrogen and oxygen atoms in total. The predicted octanol–water partition coefficient (Wildman–Crippen LogP) is 3.63. The molecular weight excluding hydrogens is 350 g/mol. The zero-order chi connectivity index (χ0) is 19.5. The Bertz CT molecular complexity index is 1010. The standard InChI is InChI=1S/C23H27N3O2/c1-17-24-22-9-8-20(28-2)15-21(22)23(27)26(17)16-25-12-10-19(11-13-25)14-18-6-4-3-5-7-18/h3-9,15,19H,10-14,16H2,1-2H3. The first-order valence-electron chi connectivity index (χ1n) is 9.95.